The maximum absolute atomic E-state index is 12.7. The van der Waals surface area contributed by atoms with Gasteiger partial charge >= 0.3 is 12.3 Å². The molecule has 0 fully saturated rings. The number of aromatic amines is 1. The van der Waals surface area contributed by atoms with Crippen molar-refractivity contribution < 1.29 is 27.8 Å². The summed E-state index contributed by atoms with van der Waals surface area (Å²) in [6, 6.07) is 4.71. The van der Waals surface area contributed by atoms with E-state index in [-0.39, 0.29) is 41.8 Å². The van der Waals surface area contributed by atoms with Gasteiger partial charge in [0.25, 0.3) is 5.56 Å². The van der Waals surface area contributed by atoms with Crippen LogP contribution in [0.2, 0.25) is 0 Å². The van der Waals surface area contributed by atoms with E-state index in [1.54, 1.807) is 6.92 Å². The lowest BCUT2D eigenvalue weighted by Gasteiger charge is -2.15. The molecule has 2 N–H and O–H groups in total. The summed E-state index contributed by atoms with van der Waals surface area (Å²) in [6.45, 7) is 1.71. The van der Waals surface area contributed by atoms with E-state index in [1.165, 1.54) is 41.3 Å². The Morgan fingerprint density at radius 1 is 1.19 bits per heavy atom. The van der Waals surface area contributed by atoms with Crippen molar-refractivity contribution in [3.63, 3.8) is 0 Å². The molecule has 0 aliphatic rings. The highest BCUT2D eigenvalue weighted by Gasteiger charge is 2.31. The number of alkyl halides is 3. The summed E-state index contributed by atoms with van der Waals surface area (Å²) >= 11 is 0. The molecular weight excluding hydrogens is 453 g/mol. The molecule has 4 rings (SSSR count). The second-order valence-corrected chi connectivity index (χ2v) is 6.48. The third-order valence-corrected chi connectivity index (χ3v) is 4.45. The van der Waals surface area contributed by atoms with Gasteiger partial charge in [-0.15, -0.1) is 13.2 Å². The molecule has 4 aromatic rings. The average molecular weight is 468 g/mol. The minimum Gasteiger partial charge on any atom is -0.478 e. The fourth-order valence-corrected chi connectivity index (χ4v) is 3.00. The van der Waals surface area contributed by atoms with Gasteiger partial charge in [-0.25, -0.2) is 14.5 Å². The van der Waals surface area contributed by atoms with Crippen molar-refractivity contribution in [1.29, 1.82) is 0 Å². The fourth-order valence-electron chi connectivity index (χ4n) is 3.00. The molecule has 0 bridgehead atoms. The fraction of sp³-hybridized carbons (Fsp3) is 0.167. The zero-order valence-corrected chi connectivity index (χ0v) is 17.2. The van der Waals surface area contributed by atoms with Gasteiger partial charge in [-0.3, -0.25) is 14.5 Å². The second-order valence-electron chi connectivity index (χ2n) is 6.48. The van der Waals surface area contributed by atoms with Gasteiger partial charge in [0.2, 0.25) is 5.95 Å². The van der Waals surface area contributed by atoms with Gasteiger partial charge in [0.05, 0.1) is 24.0 Å². The summed E-state index contributed by atoms with van der Waals surface area (Å²) in [5.74, 6) is -1.54. The molecule has 3 heterocycles. The Morgan fingerprint density at radius 2 is 1.88 bits per heavy atom. The summed E-state index contributed by atoms with van der Waals surface area (Å²) in [5, 5.41) is 17.0. The number of ether oxygens (including phenoxy) is 1. The van der Waals surface area contributed by atoms with Gasteiger partial charge < -0.3 is 9.84 Å². The molecule has 0 aliphatic carbocycles. The van der Waals surface area contributed by atoms with E-state index >= 15 is 0 Å². The molecule has 32 heavy (non-hydrogen) atoms. The Morgan fingerprint density at radius 3 is 2.47 bits per heavy atom. The molecule has 1 atom stereocenters. The lowest BCUT2D eigenvalue weighted by molar-refractivity contribution is -0.274. The van der Waals surface area contributed by atoms with Crippen LogP contribution in [0.1, 0.15) is 28.9 Å². The minimum atomic E-state index is -4.79. The van der Waals surface area contributed by atoms with Gasteiger partial charge in [0.15, 0.2) is 5.52 Å². The quantitative estimate of drug-likeness (QED) is 0.461. The van der Waals surface area contributed by atoms with Crippen LogP contribution in [0.3, 0.4) is 0 Å². The average Bonchev–Trinajstić information content (AvgIpc) is 3.34. The van der Waals surface area contributed by atoms with E-state index in [0.29, 0.717) is 5.56 Å². The number of aromatic nitrogens is 6. The van der Waals surface area contributed by atoms with Gasteiger partial charge in [0.1, 0.15) is 11.3 Å². The molecule has 14 heteroatoms. The van der Waals surface area contributed by atoms with Crippen molar-refractivity contribution >= 4 is 30.5 Å². The molecular formula is C18H15F3N6O4S. The third kappa shape index (κ3) is 4.44. The van der Waals surface area contributed by atoms with E-state index in [1.807, 2.05) is 0 Å². The maximum atomic E-state index is 12.7. The standard InChI is InChI=1S/C18H13F3N6O4.H2S/c1-9(10-2-4-12(5-3-10)31-18(19,20)21)27-14-13(7-23-27)24-17(25-15(14)28)26-8-11(6-22-26)16(29)30;/h2-9H,1H3,(H,29,30)(H,24,25,28);1H2/t9-;/m0./s1. The summed E-state index contributed by atoms with van der Waals surface area (Å²) in [5.41, 5.74) is 0.326. The summed E-state index contributed by atoms with van der Waals surface area (Å²) in [4.78, 5) is 30.5. The first-order valence-corrected chi connectivity index (χ1v) is 8.74. The first-order chi connectivity index (χ1) is 14.6. The topological polar surface area (TPSA) is 128 Å². The Kier molecular flexibility index (Phi) is 5.98. The number of fused-ring (bicyclic) bond motifs is 1. The molecule has 10 nitrogen and oxygen atoms in total. The normalized spacial score (nSPS) is 12.4. The Balaban J connectivity index is 0.00000289. The number of carbonyl (C=O) groups is 1. The highest BCUT2D eigenvalue weighted by molar-refractivity contribution is 7.59. The van der Waals surface area contributed by atoms with E-state index in [4.69, 9.17) is 5.11 Å². The first kappa shape index (κ1) is 22.9. The van der Waals surface area contributed by atoms with E-state index in [0.717, 1.165) is 10.9 Å². The van der Waals surface area contributed by atoms with Crippen molar-refractivity contribution in [3.8, 4) is 11.7 Å². The highest BCUT2D eigenvalue weighted by Crippen LogP contribution is 2.26. The Bertz CT molecular complexity index is 1330. The molecule has 168 valence electrons. The first-order valence-electron chi connectivity index (χ1n) is 8.74. The summed E-state index contributed by atoms with van der Waals surface area (Å²) in [7, 11) is 0. The molecule has 1 aromatic carbocycles. The monoisotopic (exact) mass is 468 g/mol. The van der Waals surface area contributed by atoms with Crippen LogP contribution in [0.5, 0.6) is 5.75 Å². The van der Waals surface area contributed by atoms with Crippen LogP contribution in [0.15, 0.2) is 47.7 Å². The highest BCUT2D eigenvalue weighted by atomic mass is 32.1. The number of nitrogens with one attached hydrogen (secondary N) is 1. The Hall–Kier alpha value is -3.81. The number of carboxylic acids is 1. The smallest absolute Gasteiger partial charge is 0.478 e. The van der Waals surface area contributed by atoms with Crippen LogP contribution in [0.4, 0.5) is 13.2 Å². The summed E-state index contributed by atoms with van der Waals surface area (Å²) in [6.07, 6.45) is -1.12. The minimum absolute atomic E-state index is 0. The Labute approximate surface area is 183 Å². The lowest BCUT2D eigenvalue weighted by atomic mass is 10.1. The predicted octanol–water partition coefficient (Wildman–Crippen LogP) is 2.62. The van der Waals surface area contributed by atoms with Crippen LogP contribution < -0.4 is 10.3 Å². The van der Waals surface area contributed by atoms with E-state index < -0.39 is 23.9 Å². The number of rotatable bonds is 5. The third-order valence-electron chi connectivity index (χ3n) is 4.45. The number of nitrogens with zero attached hydrogens (tertiary/aromatic N) is 5. The zero-order chi connectivity index (χ0) is 22.3. The van der Waals surface area contributed by atoms with Crippen molar-refractivity contribution in [2.75, 3.05) is 0 Å². The predicted molar refractivity (Wildman–Crippen MR) is 110 cm³/mol. The van der Waals surface area contributed by atoms with Crippen molar-refractivity contribution in [1.82, 2.24) is 29.5 Å². The molecule has 0 saturated carbocycles. The van der Waals surface area contributed by atoms with Crippen molar-refractivity contribution in [2.24, 2.45) is 0 Å². The molecule has 0 aliphatic heterocycles. The van der Waals surface area contributed by atoms with Gasteiger partial charge in [-0.05, 0) is 24.6 Å². The van der Waals surface area contributed by atoms with Crippen LogP contribution in [-0.4, -0.2) is 47.0 Å². The van der Waals surface area contributed by atoms with Gasteiger partial charge in [-0.1, -0.05) is 12.1 Å². The van der Waals surface area contributed by atoms with Gasteiger partial charge in [0, 0.05) is 6.20 Å². The molecule has 0 saturated heterocycles. The number of hydrogen-bond donors (Lipinski definition) is 2. The number of benzene rings is 1. The van der Waals surface area contributed by atoms with E-state index in [9.17, 15) is 22.8 Å². The zero-order valence-electron chi connectivity index (χ0n) is 16.2. The van der Waals surface area contributed by atoms with Crippen LogP contribution in [0.25, 0.3) is 17.0 Å². The SMILES string of the molecule is C[C@@H](c1ccc(OC(F)(F)F)cc1)n1ncc2nc(-n3cc(C(=O)O)cn3)[nH]c(=O)c21.S. The van der Waals surface area contributed by atoms with Gasteiger partial charge in [-0.2, -0.15) is 23.7 Å². The van der Waals surface area contributed by atoms with Crippen LogP contribution in [0, 0.1) is 0 Å². The maximum Gasteiger partial charge on any atom is 0.573 e. The number of hydrogen-bond acceptors (Lipinski definition) is 6. The lowest BCUT2D eigenvalue weighted by Crippen LogP contribution is -2.19. The molecule has 3 aromatic heterocycles. The van der Waals surface area contributed by atoms with Crippen molar-refractivity contribution in [2.45, 2.75) is 19.3 Å². The number of carboxylic acid groups (broad SMARTS) is 1. The molecule has 0 amide bonds. The largest absolute Gasteiger partial charge is 0.573 e. The summed E-state index contributed by atoms with van der Waals surface area (Å²) < 4.78 is 43.3. The second kappa shape index (κ2) is 8.37. The molecule has 0 radical (unpaired) electrons. The van der Waals surface area contributed by atoms with Crippen molar-refractivity contribution in [3.05, 3.63) is 64.3 Å². The molecule has 0 unspecified atom stereocenters. The van der Waals surface area contributed by atoms with Crippen LogP contribution >= 0.6 is 13.5 Å². The molecule has 0 spiro atoms. The number of H-pyrrole nitrogens is 1. The number of halogens is 3. The number of aromatic carboxylic acids is 1. The van der Waals surface area contributed by atoms with Crippen LogP contribution in [-0.2, 0) is 0 Å². The van der Waals surface area contributed by atoms with E-state index in [2.05, 4.69) is 24.9 Å².